The number of nitrogens with one attached hydrogen (secondary N) is 2. The van der Waals surface area contributed by atoms with Crippen molar-refractivity contribution < 1.29 is 4.74 Å². The molecule has 164 valence electrons. The van der Waals surface area contributed by atoms with Crippen LogP contribution in [0.3, 0.4) is 0 Å². The fourth-order valence-electron chi connectivity index (χ4n) is 3.60. The van der Waals surface area contributed by atoms with E-state index >= 15 is 0 Å². The van der Waals surface area contributed by atoms with E-state index in [0.717, 1.165) is 43.0 Å². The first-order valence-corrected chi connectivity index (χ1v) is 10.6. The number of hydrogen-bond acceptors (Lipinski definition) is 4. The molecule has 1 fully saturated rings. The molecule has 0 bridgehead atoms. The number of nitrogens with zero attached hydrogens (tertiary/aromatic N) is 3. The Bertz CT molecular complexity index is 763. The maximum atomic E-state index is 5.96. The Morgan fingerprint density at radius 3 is 2.63 bits per heavy atom. The number of rotatable bonds is 8. The van der Waals surface area contributed by atoms with Gasteiger partial charge in [0.2, 0.25) is 5.88 Å². The first-order valence-electron chi connectivity index (χ1n) is 10.6. The van der Waals surface area contributed by atoms with E-state index < -0.39 is 0 Å². The molecule has 0 amide bonds. The van der Waals surface area contributed by atoms with Crippen molar-refractivity contribution in [3.05, 3.63) is 59.8 Å². The molecule has 7 heteroatoms. The van der Waals surface area contributed by atoms with E-state index in [1.807, 2.05) is 37.4 Å². The summed E-state index contributed by atoms with van der Waals surface area (Å²) in [5.41, 5.74) is 2.15. The number of ether oxygens (including phenoxy) is 1. The van der Waals surface area contributed by atoms with E-state index in [1.165, 1.54) is 13.0 Å². The zero-order valence-corrected chi connectivity index (χ0v) is 20.3. The minimum absolute atomic E-state index is 0. The molecule has 1 aromatic carbocycles. The number of piperidine rings is 1. The number of aliphatic imine (C=N–C) groups is 1. The van der Waals surface area contributed by atoms with Gasteiger partial charge in [-0.3, -0.25) is 4.99 Å². The van der Waals surface area contributed by atoms with Gasteiger partial charge >= 0.3 is 0 Å². The van der Waals surface area contributed by atoms with Gasteiger partial charge in [0.25, 0.3) is 0 Å². The van der Waals surface area contributed by atoms with Crippen LogP contribution in [0.5, 0.6) is 5.88 Å². The summed E-state index contributed by atoms with van der Waals surface area (Å²) in [6.45, 7) is 6.88. The van der Waals surface area contributed by atoms with E-state index in [9.17, 15) is 0 Å². The van der Waals surface area contributed by atoms with Crippen molar-refractivity contribution >= 4 is 29.9 Å². The fourth-order valence-corrected chi connectivity index (χ4v) is 3.60. The lowest BCUT2D eigenvalue weighted by atomic mass is 10.1. The third-order valence-corrected chi connectivity index (χ3v) is 5.21. The highest BCUT2D eigenvalue weighted by molar-refractivity contribution is 14.0. The highest BCUT2D eigenvalue weighted by atomic mass is 127. The van der Waals surface area contributed by atoms with Crippen LogP contribution in [0.15, 0.2) is 53.7 Å². The summed E-state index contributed by atoms with van der Waals surface area (Å²) in [7, 11) is 1.82. The van der Waals surface area contributed by atoms with Gasteiger partial charge in [-0.2, -0.15) is 0 Å². The Kier molecular flexibility index (Phi) is 10.9. The van der Waals surface area contributed by atoms with E-state index in [4.69, 9.17) is 4.74 Å². The highest BCUT2D eigenvalue weighted by Gasteiger charge is 2.19. The van der Waals surface area contributed by atoms with Crippen LogP contribution in [0, 0.1) is 0 Å². The van der Waals surface area contributed by atoms with Gasteiger partial charge in [0.15, 0.2) is 5.96 Å². The number of hydrogen-bond donors (Lipinski definition) is 2. The lowest BCUT2D eigenvalue weighted by Gasteiger charge is -2.32. The molecule has 1 saturated heterocycles. The molecule has 1 aromatic heterocycles. The molecule has 0 spiro atoms. The number of likely N-dealkylation sites (tertiary alicyclic amines) is 1. The Hall–Kier alpha value is -1.87. The van der Waals surface area contributed by atoms with Crippen LogP contribution in [-0.2, 0) is 13.2 Å². The van der Waals surface area contributed by atoms with Gasteiger partial charge in [0.05, 0.1) is 0 Å². The van der Waals surface area contributed by atoms with Crippen LogP contribution >= 0.6 is 24.0 Å². The molecule has 3 rings (SSSR count). The predicted molar refractivity (Wildman–Crippen MR) is 134 cm³/mol. The van der Waals surface area contributed by atoms with Crippen molar-refractivity contribution in [3.63, 3.8) is 0 Å². The van der Waals surface area contributed by atoms with Gasteiger partial charge in [0, 0.05) is 44.5 Å². The zero-order chi connectivity index (χ0) is 20.3. The van der Waals surface area contributed by atoms with Crippen LogP contribution in [0.2, 0.25) is 0 Å². The maximum absolute atomic E-state index is 5.96. The fraction of sp³-hybridized carbons (Fsp3) is 0.478. The van der Waals surface area contributed by atoms with E-state index in [2.05, 4.69) is 44.6 Å². The molecule has 2 aromatic rings. The largest absolute Gasteiger partial charge is 0.473 e. The quantitative estimate of drug-likeness (QED) is 0.313. The minimum Gasteiger partial charge on any atom is -0.473 e. The van der Waals surface area contributed by atoms with Gasteiger partial charge in [-0.05, 0) is 37.4 Å². The van der Waals surface area contributed by atoms with Crippen LogP contribution in [-0.4, -0.2) is 48.6 Å². The van der Waals surface area contributed by atoms with Crippen molar-refractivity contribution in [1.82, 2.24) is 20.5 Å². The Morgan fingerprint density at radius 1 is 1.17 bits per heavy atom. The van der Waals surface area contributed by atoms with E-state index in [1.54, 1.807) is 6.20 Å². The van der Waals surface area contributed by atoms with E-state index in [-0.39, 0.29) is 24.0 Å². The number of pyridine rings is 1. The first kappa shape index (κ1) is 24.4. The smallest absolute Gasteiger partial charge is 0.218 e. The summed E-state index contributed by atoms with van der Waals surface area (Å²) in [4.78, 5) is 11.3. The molecule has 1 aliphatic rings. The summed E-state index contributed by atoms with van der Waals surface area (Å²) in [5.74, 6) is 1.49. The van der Waals surface area contributed by atoms with Crippen LogP contribution in [0.4, 0.5) is 0 Å². The second-order valence-electron chi connectivity index (χ2n) is 7.43. The normalized spacial score (nSPS) is 15.3. The van der Waals surface area contributed by atoms with Crippen molar-refractivity contribution in [1.29, 1.82) is 0 Å². The molecular weight excluding hydrogens is 489 g/mol. The summed E-state index contributed by atoms with van der Waals surface area (Å²) < 4.78 is 5.96. The van der Waals surface area contributed by atoms with Crippen LogP contribution in [0.25, 0.3) is 0 Å². The molecule has 0 atom stereocenters. The summed E-state index contributed by atoms with van der Waals surface area (Å²) in [6, 6.07) is 14.6. The molecule has 0 unspecified atom stereocenters. The van der Waals surface area contributed by atoms with Crippen molar-refractivity contribution in [2.45, 2.75) is 45.4 Å². The predicted octanol–water partition coefficient (Wildman–Crippen LogP) is 3.82. The molecular formula is C23H34IN5O. The van der Waals surface area contributed by atoms with Crippen LogP contribution in [0.1, 0.15) is 37.3 Å². The Morgan fingerprint density at radius 2 is 1.93 bits per heavy atom. The summed E-state index contributed by atoms with van der Waals surface area (Å²) >= 11 is 0. The van der Waals surface area contributed by atoms with Gasteiger partial charge in [-0.1, -0.05) is 43.3 Å². The molecule has 0 radical (unpaired) electrons. The average Bonchev–Trinajstić information content (AvgIpc) is 2.78. The van der Waals surface area contributed by atoms with Gasteiger partial charge < -0.3 is 20.3 Å². The highest BCUT2D eigenvalue weighted by Crippen LogP contribution is 2.16. The maximum Gasteiger partial charge on any atom is 0.218 e. The molecule has 30 heavy (non-hydrogen) atoms. The minimum atomic E-state index is 0. The molecule has 2 heterocycles. The number of halogens is 1. The lowest BCUT2D eigenvalue weighted by Crippen LogP contribution is -2.48. The second-order valence-corrected chi connectivity index (χ2v) is 7.43. The average molecular weight is 523 g/mol. The molecule has 1 aliphatic heterocycles. The standard InChI is InChI=1S/C23H33N5O.HI/c1-3-14-28-15-11-21(12-16-28)27-23(24-2)26-17-20-10-7-13-25-22(20)29-18-19-8-5-4-6-9-19;/h4-10,13,21H,3,11-12,14-18H2,1-2H3,(H2,24,26,27);1H. The SMILES string of the molecule is CCCN1CCC(NC(=NC)NCc2cccnc2OCc2ccccc2)CC1.I. The molecule has 0 saturated carbocycles. The Labute approximate surface area is 197 Å². The summed E-state index contributed by atoms with van der Waals surface area (Å²) in [6.07, 6.45) is 5.29. The summed E-state index contributed by atoms with van der Waals surface area (Å²) in [5, 5.41) is 6.98. The topological polar surface area (TPSA) is 61.8 Å². The third kappa shape index (κ3) is 7.75. The third-order valence-electron chi connectivity index (χ3n) is 5.21. The van der Waals surface area contributed by atoms with Crippen molar-refractivity contribution in [2.75, 3.05) is 26.7 Å². The molecule has 6 nitrogen and oxygen atoms in total. The van der Waals surface area contributed by atoms with Crippen molar-refractivity contribution in [2.24, 2.45) is 4.99 Å². The molecule has 0 aliphatic carbocycles. The number of aromatic nitrogens is 1. The monoisotopic (exact) mass is 523 g/mol. The van der Waals surface area contributed by atoms with E-state index in [0.29, 0.717) is 25.1 Å². The molecule has 2 N–H and O–H groups in total. The van der Waals surface area contributed by atoms with Crippen molar-refractivity contribution in [3.8, 4) is 5.88 Å². The lowest BCUT2D eigenvalue weighted by molar-refractivity contribution is 0.206. The number of guanidine groups is 1. The first-order chi connectivity index (χ1) is 14.3. The van der Waals surface area contributed by atoms with Crippen LogP contribution < -0.4 is 15.4 Å². The van der Waals surface area contributed by atoms with Gasteiger partial charge in [0.1, 0.15) is 6.61 Å². The zero-order valence-electron chi connectivity index (χ0n) is 18.0. The van der Waals surface area contributed by atoms with Gasteiger partial charge in [-0.15, -0.1) is 24.0 Å². The number of benzene rings is 1. The van der Waals surface area contributed by atoms with Gasteiger partial charge in [-0.25, -0.2) is 4.98 Å². The second kappa shape index (κ2) is 13.4. The Balaban J connectivity index is 0.00000320.